The fraction of sp³-hybridized carbons (Fsp3) is 0.684. The van der Waals surface area contributed by atoms with Crippen molar-refractivity contribution in [3.63, 3.8) is 0 Å². The Labute approximate surface area is 130 Å². The molecule has 1 aliphatic rings. The maximum atomic E-state index is 3.67. The largest absolute Gasteiger partial charge is 0.310 e. The minimum absolute atomic E-state index is 0.487. The Morgan fingerprint density at radius 3 is 2.71 bits per heavy atom. The maximum Gasteiger partial charge on any atom is 0.0334 e. The Balaban J connectivity index is 1.96. The van der Waals surface area contributed by atoms with Crippen LogP contribution >= 0.6 is 0 Å². The highest BCUT2D eigenvalue weighted by Gasteiger charge is 2.26. The van der Waals surface area contributed by atoms with E-state index >= 15 is 0 Å². The second kappa shape index (κ2) is 7.42. The monoisotopic (exact) mass is 288 g/mol. The van der Waals surface area contributed by atoms with Crippen LogP contribution in [0.15, 0.2) is 24.3 Å². The van der Waals surface area contributed by atoms with Crippen LogP contribution in [0.3, 0.4) is 0 Å². The topological polar surface area (TPSA) is 15.3 Å². The minimum atomic E-state index is 0.487. The van der Waals surface area contributed by atoms with Crippen molar-refractivity contribution in [1.29, 1.82) is 0 Å². The maximum absolute atomic E-state index is 3.67. The quantitative estimate of drug-likeness (QED) is 0.845. The van der Waals surface area contributed by atoms with Gasteiger partial charge < -0.3 is 10.2 Å². The first-order valence-corrected chi connectivity index (χ1v) is 8.53. The molecule has 1 atom stereocenters. The van der Waals surface area contributed by atoms with Gasteiger partial charge in [0.2, 0.25) is 0 Å². The van der Waals surface area contributed by atoms with Crippen LogP contribution in [0.1, 0.15) is 57.2 Å². The molecule has 21 heavy (non-hydrogen) atoms. The van der Waals surface area contributed by atoms with Crippen molar-refractivity contribution in [3.8, 4) is 0 Å². The lowest BCUT2D eigenvalue weighted by atomic mass is 9.84. The van der Waals surface area contributed by atoms with Gasteiger partial charge in [-0.2, -0.15) is 0 Å². The second-order valence-corrected chi connectivity index (χ2v) is 7.30. The van der Waals surface area contributed by atoms with Crippen LogP contribution in [-0.2, 0) is 0 Å². The highest BCUT2D eigenvalue weighted by atomic mass is 15.1. The number of likely N-dealkylation sites (tertiary alicyclic amines) is 1. The van der Waals surface area contributed by atoms with E-state index in [0.717, 1.165) is 6.54 Å². The molecule has 1 saturated heterocycles. The second-order valence-electron chi connectivity index (χ2n) is 7.30. The van der Waals surface area contributed by atoms with Crippen molar-refractivity contribution in [2.24, 2.45) is 5.41 Å². The zero-order chi connectivity index (χ0) is 15.3. The number of benzene rings is 1. The molecule has 118 valence electrons. The van der Waals surface area contributed by atoms with Gasteiger partial charge in [-0.25, -0.2) is 0 Å². The fourth-order valence-electron chi connectivity index (χ4n) is 3.64. The predicted octanol–water partition coefficient (Wildman–Crippen LogP) is 4.16. The van der Waals surface area contributed by atoms with Crippen molar-refractivity contribution in [2.75, 3.05) is 26.2 Å². The van der Waals surface area contributed by atoms with Crippen molar-refractivity contribution >= 4 is 0 Å². The van der Waals surface area contributed by atoms with Crippen LogP contribution in [-0.4, -0.2) is 31.1 Å². The van der Waals surface area contributed by atoms with Gasteiger partial charge >= 0.3 is 0 Å². The van der Waals surface area contributed by atoms with E-state index in [4.69, 9.17) is 0 Å². The van der Waals surface area contributed by atoms with E-state index in [2.05, 4.69) is 62.2 Å². The first-order valence-electron chi connectivity index (χ1n) is 8.53. The molecule has 0 saturated carbocycles. The van der Waals surface area contributed by atoms with Gasteiger partial charge in [0.15, 0.2) is 0 Å². The average Bonchev–Trinajstić information content (AvgIpc) is 2.43. The summed E-state index contributed by atoms with van der Waals surface area (Å²) in [6, 6.07) is 9.29. The molecule has 0 bridgehead atoms. The van der Waals surface area contributed by atoms with Crippen LogP contribution in [0.4, 0.5) is 0 Å². The molecule has 0 spiro atoms. The zero-order valence-corrected chi connectivity index (χ0v) is 14.3. The van der Waals surface area contributed by atoms with Gasteiger partial charge in [0.05, 0.1) is 0 Å². The summed E-state index contributed by atoms with van der Waals surface area (Å²) in [5.74, 6) is 0. The van der Waals surface area contributed by atoms with Crippen LogP contribution in [0.2, 0.25) is 0 Å². The lowest BCUT2D eigenvalue weighted by Gasteiger charge is -2.38. The number of nitrogens with zero attached hydrogens (tertiary/aromatic N) is 1. The molecular formula is C19H32N2. The van der Waals surface area contributed by atoms with Crippen LogP contribution < -0.4 is 5.32 Å². The van der Waals surface area contributed by atoms with Crippen molar-refractivity contribution in [3.05, 3.63) is 35.4 Å². The summed E-state index contributed by atoms with van der Waals surface area (Å²) in [5.41, 5.74) is 3.37. The Morgan fingerprint density at radius 2 is 2.05 bits per heavy atom. The summed E-state index contributed by atoms with van der Waals surface area (Å²) in [5, 5.41) is 3.67. The molecule has 1 aromatic carbocycles. The van der Waals surface area contributed by atoms with E-state index in [-0.39, 0.29) is 0 Å². The number of hydrogen-bond acceptors (Lipinski definition) is 2. The molecule has 2 nitrogen and oxygen atoms in total. The van der Waals surface area contributed by atoms with Crippen LogP contribution in [0.25, 0.3) is 0 Å². The van der Waals surface area contributed by atoms with Crippen molar-refractivity contribution < 1.29 is 0 Å². The molecular weight excluding hydrogens is 256 g/mol. The summed E-state index contributed by atoms with van der Waals surface area (Å²) >= 11 is 0. The molecule has 1 heterocycles. The molecule has 1 fully saturated rings. The molecule has 2 heteroatoms. The SMILES string of the molecule is CCNC(CCN1CCCC(C)(C)C1)c1ccccc1C. The van der Waals surface area contributed by atoms with E-state index in [0.29, 0.717) is 11.5 Å². The molecule has 1 unspecified atom stereocenters. The normalized spacial score (nSPS) is 20.4. The molecule has 0 radical (unpaired) electrons. The summed E-state index contributed by atoms with van der Waals surface area (Å²) in [6.45, 7) is 14.0. The van der Waals surface area contributed by atoms with E-state index in [9.17, 15) is 0 Å². The lowest BCUT2D eigenvalue weighted by molar-refractivity contribution is 0.113. The molecule has 1 N–H and O–H groups in total. The zero-order valence-electron chi connectivity index (χ0n) is 14.3. The lowest BCUT2D eigenvalue weighted by Crippen LogP contribution is -2.41. The van der Waals surface area contributed by atoms with Gasteiger partial charge in [-0.15, -0.1) is 0 Å². The van der Waals surface area contributed by atoms with E-state index in [1.54, 1.807) is 0 Å². The van der Waals surface area contributed by atoms with Gasteiger partial charge in [-0.3, -0.25) is 0 Å². The molecule has 1 aliphatic heterocycles. The van der Waals surface area contributed by atoms with Gasteiger partial charge in [-0.1, -0.05) is 45.0 Å². The third-order valence-electron chi connectivity index (χ3n) is 4.73. The number of nitrogens with one attached hydrogen (secondary N) is 1. The number of piperidine rings is 1. The predicted molar refractivity (Wildman–Crippen MR) is 91.7 cm³/mol. The molecule has 0 amide bonds. The number of hydrogen-bond donors (Lipinski definition) is 1. The standard InChI is InChI=1S/C19H32N2/c1-5-20-18(17-10-7-6-9-16(17)2)11-14-21-13-8-12-19(3,4)15-21/h6-7,9-10,18,20H,5,8,11-15H2,1-4H3. The van der Waals surface area contributed by atoms with E-state index in [1.165, 1.54) is 50.0 Å². The molecule has 1 aromatic rings. The fourth-order valence-corrected chi connectivity index (χ4v) is 3.64. The van der Waals surface area contributed by atoms with Crippen LogP contribution in [0.5, 0.6) is 0 Å². The Hall–Kier alpha value is -0.860. The molecule has 2 rings (SSSR count). The smallest absolute Gasteiger partial charge is 0.0334 e. The van der Waals surface area contributed by atoms with Crippen molar-refractivity contribution in [2.45, 2.75) is 53.0 Å². The van der Waals surface area contributed by atoms with Gasteiger partial charge in [0.25, 0.3) is 0 Å². The average molecular weight is 288 g/mol. The Kier molecular flexibility index (Phi) is 5.83. The third-order valence-corrected chi connectivity index (χ3v) is 4.73. The highest BCUT2D eigenvalue weighted by molar-refractivity contribution is 5.28. The Bertz CT molecular complexity index is 439. The van der Waals surface area contributed by atoms with Gasteiger partial charge in [0.1, 0.15) is 0 Å². The van der Waals surface area contributed by atoms with E-state index < -0.39 is 0 Å². The minimum Gasteiger partial charge on any atom is -0.310 e. The van der Waals surface area contributed by atoms with Crippen LogP contribution in [0, 0.1) is 12.3 Å². The summed E-state index contributed by atoms with van der Waals surface area (Å²) < 4.78 is 0. The summed E-state index contributed by atoms with van der Waals surface area (Å²) in [6.07, 6.45) is 3.93. The van der Waals surface area contributed by atoms with Gasteiger partial charge in [-0.05, 0) is 62.4 Å². The molecule has 0 aliphatic carbocycles. The number of rotatable bonds is 6. The Morgan fingerprint density at radius 1 is 1.29 bits per heavy atom. The van der Waals surface area contributed by atoms with E-state index in [1.807, 2.05) is 0 Å². The third kappa shape index (κ3) is 4.82. The first kappa shape index (κ1) is 16.5. The van der Waals surface area contributed by atoms with Crippen molar-refractivity contribution in [1.82, 2.24) is 10.2 Å². The molecule has 0 aromatic heterocycles. The summed E-state index contributed by atoms with van der Waals surface area (Å²) in [4.78, 5) is 2.66. The first-order chi connectivity index (χ1) is 10.0. The summed E-state index contributed by atoms with van der Waals surface area (Å²) in [7, 11) is 0. The van der Waals surface area contributed by atoms with Gasteiger partial charge in [0, 0.05) is 12.6 Å². The number of aryl methyl sites for hydroxylation is 1. The highest BCUT2D eigenvalue weighted by Crippen LogP contribution is 2.29.